The van der Waals surface area contributed by atoms with Crippen LogP contribution < -0.4 is 10.9 Å². The van der Waals surface area contributed by atoms with Crippen molar-refractivity contribution in [1.82, 2.24) is 40.2 Å². The number of aromatic nitrogens is 6. The topological polar surface area (TPSA) is 85.0 Å². The summed E-state index contributed by atoms with van der Waals surface area (Å²) in [6.07, 6.45) is 4.18. The van der Waals surface area contributed by atoms with Gasteiger partial charge in [0.2, 0.25) is 0 Å². The fourth-order valence-corrected chi connectivity index (χ4v) is 3.88. The second kappa shape index (κ2) is 6.68. The normalized spacial score (nSPS) is 19.1. The van der Waals surface area contributed by atoms with Gasteiger partial charge < -0.3 is 0 Å². The number of hydrazine groups is 1. The number of halogens is 1. The molecule has 1 saturated heterocycles. The molecule has 2 unspecified atom stereocenters. The first-order valence-electron chi connectivity index (χ1n) is 9.67. The molecule has 9 heteroatoms. The lowest BCUT2D eigenvalue weighted by molar-refractivity contribution is 0.540. The molecule has 2 N–H and O–H groups in total. The summed E-state index contributed by atoms with van der Waals surface area (Å²) in [5.41, 5.74) is 9.91. The Bertz CT molecular complexity index is 1340. The van der Waals surface area contributed by atoms with Gasteiger partial charge in [-0.2, -0.15) is 5.10 Å². The van der Waals surface area contributed by atoms with Gasteiger partial charge in [0.25, 0.3) is 0 Å². The van der Waals surface area contributed by atoms with Gasteiger partial charge in [-0.05, 0) is 36.2 Å². The second-order valence-electron chi connectivity index (χ2n) is 7.29. The third kappa shape index (κ3) is 2.75. The molecule has 4 heterocycles. The summed E-state index contributed by atoms with van der Waals surface area (Å²) in [6, 6.07) is 16.4. The van der Waals surface area contributed by atoms with Crippen LogP contribution in [0.3, 0.4) is 0 Å². The molecule has 3 aromatic heterocycles. The van der Waals surface area contributed by atoms with Crippen molar-refractivity contribution in [2.24, 2.45) is 0 Å². The van der Waals surface area contributed by atoms with E-state index in [0.717, 1.165) is 28.7 Å². The highest BCUT2D eigenvalue weighted by atomic mass is 19.1. The highest BCUT2D eigenvalue weighted by molar-refractivity contribution is 5.89. The first kappa shape index (κ1) is 17.2. The number of nitrogens with one attached hydrogen (secondary N) is 2. The maximum atomic E-state index is 13.2. The predicted molar refractivity (Wildman–Crippen MR) is 108 cm³/mol. The number of para-hydroxylation sites is 1. The van der Waals surface area contributed by atoms with E-state index in [0.29, 0.717) is 11.5 Å². The molecule has 0 radical (unpaired) electrons. The molecule has 0 bridgehead atoms. The van der Waals surface area contributed by atoms with Crippen molar-refractivity contribution in [3.05, 3.63) is 84.3 Å². The fourth-order valence-electron chi connectivity index (χ4n) is 3.88. The van der Waals surface area contributed by atoms with Gasteiger partial charge >= 0.3 is 0 Å². The molecule has 2 atom stereocenters. The zero-order valence-electron chi connectivity index (χ0n) is 15.8. The van der Waals surface area contributed by atoms with Crippen LogP contribution in [0.25, 0.3) is 22.4 Å². The second-order valence-corrected chi connectivity index (χ2v) is 7.29. The third-order valence-electron chi connectivity index (χ3n) is 5.41. The largest absolute Gasteiger partial charge is 0.250 e. The average Bonchev–Trinajstić information content (AvgIpc) is 3.51. The minimum atomic E-state index is -0.240. The Labute approximate surface area is 170 Å². The SMILES string of the molecule is Fc1ccc(C2CC(c3nc4c5cnn(-c6ccccc6)c5ncn4n3)NN2)cc1. The van der Waals surface area contributed by atoms with Crippen LogP contribution in [0, 0.1) is 5.82 Å². The van der Waals surface area contributed by atoms with Crippen molar-refractivity contribution >= 4 is 16.7 Å². The van der Waals surface area contributed by atoms with Crippen LogP contribution in [0.5, 0.6) is 0 Å². The maximum absolute atomic E-state index is 13.2. The number of benzene rings is 2. The molecule has 5 aromatic rings. The van der Waals surface area contributed by atoms with Gasteiger partial charge in [-0.3, -0.25) is 0 Å². The van der Waals surface area contributed by atoms with Gasteiger partial charge in [0.15, 0.2) is 17.1 Å². The monoisotopic (exact) mass is 400 g/mol. The minimum Gasteiger partial charge on any atom is -0.250 e. The first-order chi connectivity index (χ1) is 14.8. The molecule has 1 aliphatic heterocycles. The van der Waals surface area contributed by atoms with Crippen molar-refractivity contribution in [3.63, 3.8) is 0 Å². The zero-order valence-corrected chi connectivity index (χ0v) is 15.8. The van der Waals surface area contributed by atoms with E-state index in [1.807, 2.05) is 30.3 Å². The van der Waals surface area contributed by atoms with Crippen molar-refractivity contribution in [3.8, 4) is 5.69 Å². The zero-order chi connectivity index (χ0) is 20.1. The lowest BCUT2D eigenvalue weighted by Gasteiger charge is -2.08. The highest BCUT2D eigenvalue weighted by Gasteiger charge is 2.29. The van der Waals surface area contributed by atoms with Crippen LogP contribution in [0.2, 0.25) is 0 Å². The highest BCUT2D eigenvalue weighted by Crippen LogP contribution is 2.30. The molecule has 1 fully saturated rings. The number of fused-ring (bicyclic) bond motifs is 3. The Balaban J connectivity index is 1.34. The summed E-state index contributed by atoms with van der Waals surface area (Å²) in [5, 5.41) is 9.94. The van der Waals surface area contributed by atoms with Crippen LogP contribution in [0.1, 0.15) is 29.9 Å². The Hall–Kier alpha value is -3.69. The summed E-state index contributed by atoms with van der Waals surface area (Å²) in [6.45, 7) is 0. The van der Waals surface area contributed by atoms with E-state index in [2.05, 4.69) is 26.0 Å². The van der Waals surface area contributed by atoms with Crippen molar-refractivity contribution in [2.45, 2.75) is 18.5 Å². The van der Waals surface area contributed by atoms with E-state index >= 15 is 0 Å². The predicted octanol–water partition coefficient (Wildman–Crippen LogP) is 2.88. The molecular weight excluding hydrogens is 383 g/mol. The smallest absolute Gasteiger partial charge is 0.170 e. The van der Waals surface area contributed by atoms with E-state index in [9.17, 15) is 4.39 Å². The van der Waals surface area contributed by atoms with Gasteiger partial charge in [0.1, 0.15) is 12.1 Å². The molecule has 0 spiro atoms. The molecule has 2 aromatic carbocycles. The minimum absolute atomic E-state index is 0.0567. The summed E-state index contributed by atoms with van der Waals surface area (Å²) >= 11 is 0. The number of hydrogen-bond donors (Lipinski definition) is 2. The number of nitrogens with zero attached hydrogens (tertiary/aromatic N) is 6. The fraction of sp³-hybridized carbons (Fsp3) is 0.143. The van der Waals surface area contributed by atoms with Gasteiger partial charge in [-0.25, -0.2) is 34.4 Å². The van der Waals surface area contributed by atoms with Gasteiger partial charge in [-0.1, -0.05) is 30.3 Å². The first-order valence-corrected chi connectivity index (χ1v) is 9.67. The van der Waals surface area contributed by atoms with E-state index in [4.69, 9.17) is 4.98 Å². The van der Waals surface area contributed by atoms with Crippen LogP contribution >= 0.6 is 0 Å². The van der Waals surface area contributed by atoms with Crippen molar-refractivity contribution in [1.29, 1.82) is 0 Å². The maximum Gasteiger partial charge on any atom is 0.170 e. The van der Waals surface area contributed by atoms with Crippen molar-refractivity contribution in [2.75, 3.05) is 0 Å². The van der Waals surface area contributed by atoms with Gasteiger partial charge in [-0.15, -0.1) is 5.10 Å². The van der Waals surface area contributed by atoms with Gasteiger partial charge in [0, 0.05) is 6.04 Å². The molecule has 148 valence electrons. The third-order valence-corrected chi connectivity index (χ3v) is 5.41. The number of rotatable bonds is 3. The van der Waals surface area contributed by atoms with Crippen LogP contribution in [-0.4, -0.2) is 29.4 Å². The Morgan fingerprint density at radius 2 is 1.73 bits per heavy atom. The standard InChI is InChI=1S/C21H17FN8/c22-14-8-6-13(7-9-14)17-10-18(27-26-17)19-25-21-16-11-24-30(15-4-2-1-3-5-15)20(16)23-12-29(21)28-19/h1-9,11-12,17-18,26-27H,10H2. The Kier molecular flexibility index (Phi) is 3.83. The van der Waals surface area contributed by atoms with Crippen LogP contribution in [-0.2, 0) is 0 Å². The lowest BCUT2D eigenvalue weighted by Crippen LogP contribution is -2.27. The van der Waals surface area contributed by atoms with Crippen LogP contribution in [0.15, 0.2) is 67.1 Å². The molecule has 6 rings (SSSR count). The van der Waals surface area contributed by atoms with E-state index in [1.54, 1.807) is 33.9 Å². The summed E-state index contributed by atoms with van der Waals surface area (Å²) < 4.78 is 16.7. The quantitative estimate of drug-likeness (QED) is 0.484. The summed E-state index contributed by atoms with van der Waals surface area (Å²) in [5.74, 6) is 0.435. The average molecular weight is 400 g/mol. The molecule has 0 amide bonds. The summed E-state index contributed by atoms with van der Waals surface area (Å²) in [4.78, 5) is 9.31. The molecule has 1 aliphatic rings. The summed E-state index contributed by atoms with van der Waals surface area (Å²) in [7, 11) is 0. The van der Waals surface area contributed by atoms with Gasteiger partial charge in [0.05, 0.1) is 23.3 Å². The lowest BCUT2D eigenvalue weighted by atomic mass is 10.0. The van der Waals surface area contributed by atoms with Crippen molar-refractivity contribution < 1.29 is 4.39 Å². The molecule has 8 nitrogen and oxygen atoms in total. The van der Waals surface area contributed by atoms with E-state index in [1.165, 1.54) is 12.1 Å². The molecule has 0 aliphatic carbocycles. The molecule has 0 saturated carbocycles. The molecular formula is C21H17FN8. The number of hydrogen-bond acceptors (Lipinski definition) is 6. The van der Waals surface area contributed by atoms with E-state index < -0.39 is 0 Å². The van der Waals surface area contributed by atoms with E-state index in [-0.39, 0.29) is 17.9 Å². The Morgan fingerprint density at radius 3 is 2.57 bits per heavy atom. The Morgan fingerprint density at radius 1 is 0.933 bits per heavy atom. The molecule has 30 heavy (non-hydrogen) atoms. The van der Waals surface area contributed by atoms with Crippen LogP contribution in [0.4, 0.5) is 4.39 Å².